The van der Waals surface area contributed by atoms with Gasteiger partial charge < -0.3 is 4.90 Å². The van der Waals surface area contributed by atoms with Crippen molar-refractivity contribution in [3.63, 3.8) is 0 Å². The number of aromatic nitrogens is 2. The van der Waals surface area contributed by atoms with Gasteiger partial charge in [0.1, 0.15) is 5.82 Å². The van der Waals surface area contributed by atoms with Crippen LogP contribution in [0.15, 0.2) is 27.5 Å². The number of benzene rings is 1. The average molecular weight is 331 g/mol. The summed E-state index contributed by atoms with van der Waals surface area (Å²) in [6.07, 6.45) is 1.66. The van der Waals surface area contributed by atoms with Crippen LogP contribution in [-0.4, -0.2) is 35.5 Å². The van der Waals surface area contributed by atoms with Gasteiger partial charge in [0, 0.05) is 30.4 Å². The second kappa shape index (κ2) is 7.01. The number of thioether (sulfide) groups is 1. The molecule has 106 valence electrons. The molecule has 0 saturated carbocycles. The lowest BCUT2D eigenvalue weighted by Gasteiger charge is -2.03. The van der Waals surface area contributed by atoms with E-state index in [4.69, 9.17) is 11.6 Å². The maximum Gasteiger partial charge on any atom is 0.233 e. The molecule has 2 rings (SSSR count). The Morgan fingerprint density at radius 3 is 2.95 bits per heavy atom. The zero-order valence-corrected chi connectivity index (χ0v) is 13.3. The first-order valence-electron chi connectivity index (χ1n) is 5.66. The topological polar surface area (TPSA) is 41.4 Å². The number of nitrogens with zero attached hydrogens (tertiary/aromatic N) is 4. The molecule has 0 unspecified atom stereocenters. The van der Waals surface area contributed by atoms with E-state index in [0.29, 0.717) is 21.5 Å². The highest BCUT2D eigenvalue weighted by atomic mass is 35.5. The largest absolute Gasteiger partial charge is 0.369 e. The summed E-state index contributed by atoms with van der Waals surface area (Å²) in [7, 11) is 3.75. The zero-order valence-electron chi connectivity index (χ0n) is 10.9. The van der Waals surface area contributed by atoms with E-state index in [1.807, 2.05) is 19.0 Å². The maximum absolute atomic E-state index is 13.6. The van der Waals surface area contributed by atoms with Gasteiger partial charge in [-0.15, -0.1) is 10.2 Å². The van der Waals surface area contributed by atoms with Crippen LogP contribution < -0.4 is 0 Å². The van der Waals surface area contributed by atoms with E-state index in [9.17, 15) is 4.39 Å². The summed E-state index contributed by atoms with van der Waals surface area (Å²) < 4.78 is 14.3. The highest BCUT2D eigenvalue weighted by molar-refractivity contribution is 8.00. The molecule has 0 spiro atoms. The fraction of sp³-hybridized carbons (Fsp3) is 0.250. The lowest BCUT2D eigenvalue weighted by atomic mass is 10.2. The molecular weight excluding hydrogens is 319 g/mol. The zero-order chi connectivity index (χ0) is 14.5. The Hall–Kier alpha value is -1.18. The Balaban J connectivity index is 2.01. The third-order valence-corrected chi connectivity index (χ3v) is 4.54. The summed E-state index contributed by atoms with van der Waals surface area (Å²) in [5, 5.41) is 8.94. The smallest absolute Gasteiger partial charge is 0.233 e. The molecule has 0 fully saturated rings. The normalized spacial score (nSPS) is 11.2. The predicted molar refractivity (Wildman–Crippen MR) is 82.7 cm³/mol. The third kappa shape index (κ3) is 4.16. The van der Waals surface area contributed by atoms with Crippen LogP contribution in [0.3, 0.4) is 0 Å². The second-order valence-corrected chi connectivity index (χ2v) is 6.63. The molecule has 2 aromatic rings. The molecule has 4 nitrogen and oxygen atoms in total. The van der Waals surface area contributed by atoms with E-state index in [1.165, 1.54) is 29.2 Å². The molecule has 20 heavy (non-hydrogen) atoms. The van der Waals surface area contributed by atoms with Gasteiger partial charge >= 0.3 is 0 Å². The number of hydrogen-bond donors (Lipinski definition) is 0. The van der Waals surface area contributed by atoms with Gasteiger partial charge in [-0.25, -0.2) is 9.38 Å². The standard InChI is InChI=1S/C12H12ClFN4S2/c1-18(2)7-15-11-16-17-12(20-11)19-6-8-9(13)4-3-5-10(8)14/h3-5,7H,6H2,1-2H3. The summed E-state index contributed by atoms with van der Waals surface area (Å²) in [6, 6.07) is 4.66. The predicted octanol–water partition coefficient (Wildman–Crippen LogP) is 3.84. The van der Waals surface area contributed by atoms with Crippen molar-refractivity contribution in [3.8, 4) is 0 Å². The fourth-order valence-corrected chi connectivity index (χ4v) is 3.31. The minimum Gasteiger partial charge on any atom is -0.369 e. The minimum atomic E-state index is -0.305. The molecule has 0 aliphatic carbocycles. The van der Waals surface area contributed by atoms with Crippen LogP contribution in [0, 0.1) is 5.82 Å². The summed E-state index contributed by atoms with van der Waals surface area (Å²) >= 11 is 8.72. The summed E-state index contributed by atoms with van der Waals surface area (Å²) in [5.41, 5.74) is 0.479. The van der Waals surface area contributed by atoms with Crippen LogP contribution >= 0.6 is 34.7 Å². The molecule has 0 bridgehead atoms. The Labute approximate surface area is 129 Å². The van der Waals surface area contributed by atoms with E-state index in [2.05, 4.69) is 15.2 Å². The first-order valence-corrected chi connectivity index (χ1v) is 7.84. The lowest BCUT2D eigenvalue weighted by Crippen LogP contribution is -2.06. The molecule has 0 atom stereocenters. The number of aliphatic imine (C=N–C) groups is 1. The summed E-state index contributed by atoms with van der Waals surface area (Å²) in [5.74, 6) is 0.109. The van der Waals surface area contributed by atoms with Crippen molar-refractivity contribution in [2.24, 2.45) is 4.99 Å². The van der Waals surface area contributed by atoms with Crippen LogP contribution in [-0.2, 0) is 5.75 Å². The van der Waals surface area contributed by atoms with Crippen molar-refractivity contribution in [2.45, 2.75) is 10.1 Å². The Kier molecular flexibility index (Phi) is 5.33. The van der Waals surface area contributed by atoms with Gasteiger partial charge in [-0.1, -0.05) is 40.8 Å². The molecule has 1 aromatic heterocycles. The van der Waals surface area contributed by atoms with Gasteiger partial charge in [-0.05, 0) is 12.1 Å². The van der Waals surface area contributed by atoms with E-state index in [0.717, 1.165) is 4.34 Å². The third-order valence-electron chi connectivity index (χ3n) is 2.20. The Morgan fingerprint density at radius 2 is 2.25 bits per heavy atom. The second-order valence-electron chi connectivity index (χ2n) is 4.05. The van der Waals surface area contributed by atoms with Crippen LogP contribution in [0.4, 0.5) is 9.52 Å². The molecule has 0 N–H and O–H groups in total. The molecule has 0 aliphatic rings. The Bertz CT molecular complexity index is 595. The van der Waals surface area contributed by atoms with Crippen molar-refractivity contribution in [2.75, 3.05) is 14.1 Å². The van der Waals surface area contributed by atoms with Crippen molar-refractivity contribution < 1.29 is 4.39 Å². The van der Waals surface area contributed by atoms with E-state index < -0.39 is 0 Å². The maximum atomic E-state index is 13.6. The van der Waals surface area contributed by atoms with Gasteiger partial charge in [-0.2, -0.15) is 0 Å². The minimum absolute atomic E-state index is 0.305. The summed E-state index contributed by atoms with van der Waals surface area (Å²) in [6.45, 7) is 0. The SMILES string of the molecule is CN(C)C=Nc1nnc(SCc2c(F)cccc2Cl)s1. The monoisotopic (exact) mass is 330 g/mol. The molecule has 1 aromatic carbocycles. The summed E-state index contributed by atoms with van der Waals surface area (Å²) in [4.78, 5) is 5.96. The molecule has 0 radical (unpaired) electrons. The fourth-order valence-electron chi connectivity index (χ4n) is 1.28. The van der Waals surface area contributed by atoms with E-state index in [-0.39, 0.29) is 5.82 Å². The van der Waals surface area contributed by atoms with Gasteiger partial charge in [0.05, 0.1) is 6.34 Å². The highest BCUT2D eigenvalue weighted by Gasteiger charge is 2.10. The van der Waals surface area contributed by atoms with Gasteiger partial charge in [0.25, 0.3) is 0 Å². The van der Waals surface area contributed by atoms with Crippen LogP contribution in [0.2, 0.25) is 5.02 Å². The van der Waals surface area contributed by atoms with Gasteiger partial charge in [0.2, 0.25) is 5.13 Å². The molecule has 0 aliphatic heterocycles. The van der Waals surface area contributed by atoms with Crippen molar-refractivity contribution >= 4 is 46.2 Å². The molecular formula is C12H12ClFN4S2. The quantitative estimate of drug-likeness (QED) is 0.474. The van der Waals surface area contributed by atoms with Crippen LogP contribution in [0.25, 0.3) is 0 Å². The van der Waals surface area contributed by atoms with Crippen molar-refractivity contribution in [1.29, 1.82) is 0 Å². The highest BCUT2D eigenvalue weighted by Crippen LogP contribution is 2.32. The van der Waals surface area contributed by atoms with E-state index >= 15 is 0 Å². The van der Waals surface area contributed by atoms with Crippen molar-refractivity contribution in [1.82, 2.24) is 15.1 Å². The molecule has 0 saturated heterocycles. The van der Waals surface area contributed by atoms with Crippen molar-refractivity contribution in [3.05, 3.63) is 34.6 Å². The van der Waals surface area contributed by atoms with Crippen LogP contribution in [0.5, 0.6) is 0 Å². The van der Waals surface area contributed by atoms with Gasteiger partial charge in [-0.3, -0.25) is 0 Å². The average Bonchev–Trinajstić information content (AvgIpc) is 2.84. The lowest BCUT2D eigenvalue weighted by molar-refractivity contribution is 0.617. The molecule has 1 heterocycles. The number of hydrogen-bond acceptors (Lipinski definition) is 5. The first kappa shape index (κ1) is 15.2. The Morgan fingerprint density at radius 1 is 1.45 bits per heavy atom. The molecule has 0 amide bonds. The number of rotatable bonds is 5. The van der Waals surface area contributed by atoms with Crippen LogP contribution in [0.1, 0.15) is 5.56 Å². The van der Waals surface area contributed by atoms with Gasteiger partial charge in [0.15, 0.2) is 4.34 Å². The first-order chi connectivity index (χ1) is 9.56. The number of halogens is 2. The van der Waals surface area contributed by atoms with E-state index in [1.54, 1.807) is 18.5 Å². The molecule has 8 heteroatoms.